The molecule has 9 nitrogen and oxygen atoms in total. The molecule has 3 heterocycles. The van der Waals surface area contributed by atoms with Crippen molar-refractivity contribution < 1.29 is 9.47 Å². The molecule has 190 valence electrons. The van der Waals surface area contributed by atoms with Gasteiger partial charge in [0.15, 0.2) is 11.4 Å². The summed E-state index contributed by atoms with van der Waals surface area (Å²) in [7, 11) is 3.62. The van der Waals surface area contributed by atoms with Crippen LogP contribution in [0.4, 0.5) is 11.8 Å². The van der Waals surface area contributed by atoms with Gasteiger partial charge in [0, 0.05) is 44.2 Å². The van der Waals surface area contributed by atoms with Crippen LogP contribution in [0.15, 0.2) is 42.7 Å². The van der Waals surface area contributed by atoms with Crippen molar-refractivity contribution in [1.82, 2.24) is 24.7 Å². The zero-order chi connectivity index (χ0) is 25.7. The highest BCUT2D eigenvalue weighted by atomic mass is 16.5. The Morgan fingerprint density at radius 3 is 2.36 bits per heavy atom. The first-order valence-corrected chi connectivity index (χ1v) is 12.4. The van der Waals surface area contributed by atoms with Crippen LogP contribution < -0.4 is 19.3 Å². The van der Waals surface area contributed by atoms with Gasteiger partial charge in [0.25, 0.3) is 0 Å². The lowest BCUT2D eigenvalue weighted by molar-refractivity contribution is 0.337. The van der Waals surface area contributed by atoms with E-state index in [1.807, 2.05) is 43.8 Å². The third-order valence-electron chi connectivity index (χ3n) is 6.19. The molecule has 0 amide bonds. The SMILES string of the molecule is CCOc1cnc(N(Cc2cccc(OC)c2)Cc2cc3c(C)nn(C)c3nc2N(CC)CC)nc1. The van der Waals surface area contributed by atoms with Crippen molar-refractivity contribution in [3.05, 3.63) is 59.5 Å². The van der Waals surface area contributed by atoms with Crippen molar-refractivity contribution in [2.45, 2.75) is 40.8 Å². The molecule has 0 spiro atoms. The van der Waals surface area contributed by atoms with E-state index in [-0.39, 0.29) is 0 Å². The first-order chi connectivity index (χ1) is 17.5. The molecule has 4 aromatic rings. The molecule has 0 bridgehead atoms. The maximum atomic E-state index is 5.56. The van der Waals surface area contributed by atoms with Gasteiger partial charge in [0.1, 0.15) is 11.6 Å². The first-order valence-electron chi connectivity index (χ1n) is 12.4. The summed E-state index contributed by atoms with van der Waals surface area (Å²) in [6, 6.07) is 10.3. The van der Waals surface area contributed by atoms with Crippen molar-refractivity contribution in [3.63, 3.8) is 0 Å². The van der Waals surface area contributed by atoms with Crippen molar-refractivity contribution >= 4 is 22.8 Å². The van der Waals surface area contributed by atoms with Crippen LogP contribution in [0, 0.1) is 6.92 Å². The van der Waals surface area contributed by atoms with Crippen LogP contribution >= 0.6 is 0 Å². The molecule has 0 radical (unpaired) electrons. The van der Waals surface area contributed by atoms with E-state index in [1.165, 1.54) is 0 Å². The molecule has 0 aliphatic rings. The van der Waals surface area contributed by atoms with Gasteiger partial charge >= 0.3 is 0 Å². The van der Waals surface area contributed by atoms with Crippen LogP contribution in [0.2, 0.25) is 0 Å². The summed E-state index contributed by atoms with van der Waals surface area (Å²) in [5.74, 6) is 3.05. The average molecular weight is 490 g/mol. The molecule has 0 aliphatic heterocycles. The molecular weight excluding hydrogens is 454 g/mol. The summed E-state index contributed by atoms with van der Waals surface area (Å²) in [6.07, 6.45) is 3.45. The third kappa shape index (κ3) is 5.35. The van der Waals surface area contributed by atoms with Gasteiger partial charge in [-0.2, -0.15) is 5.10 Å². The molecule has 0 saturated carbocycles. The molecule has 0 unspecified atom stereocenters. The fourth-order valence-corrected chi connectivity index (χ4v) is 4.40. The summed E-state index contributed by atoms with van der Waals surface area (Å²) in [6.45, 7) is 11.7. The van der Waals surface area contributed by atoms with Gasteiger partial charge in [0.2, 0.25) is 5.95 Å². The molecule has 3 aromatic heterocycles. The van der Waals surface area contributed by atoms with Crippen LogP contribution in [0.1, 0.15) is 37.6 Å². The highest BCUT2D eigenvalue weighted by Gasteiger charge is 2.20. The normalized spacial score (nSPS) is 11.1. The Bertz CT molecular complexity index is 1300. The Labute approximate surface area is 212 Å². The predicted molar refractivity (Wildman–Crippen MR) is 143 cm³/mol. The van der Waals surface area contributed by atoms with Crippen molar-refractivity contribution in [3.8, 4) is 11.5 Å². The lowest BCUT2D eigenvalue weighted by Crippen LogP contribution is -2.29. The van der Waals surface area contributed by atoms with E-state index < -0.39 is 0 Å². The number of pyridine rings is 1. The fourth-order valence-electron chi connectivity index (χ4n) is 4.40. The smallest absolute Gasteiger partial charge is 0.226 e. The highest BCUT2D eigenvalue weighted by Crippen LogP contribution is 2.29. The number of aryl methyl sites for hydroxylation is 2. The second-order valence-corrected chi connectivity index (χ2v) is 8.58. The number of methoxy groups -OCH3 is 1. The standard InChI is InChI=1S/C27H35N7O2/c1-7-33(8-2)25-21(14-24-19(4)31-32(5)26(24)30-25)18-34(17-20-11-10-12-22(13-20)35-6)27-28-15-23(16-29-27)36-9-3/h10-16H,7-9,17-18H2,1-6H3. The van der Waals surface area contributed by atoms with E-state index in [0.717, 1.165) is 52.5 Å². The number of benzene rings is 1. The number of hydrogen-bond donors (Lipinski definition) is 0. The van der Waals surface area contributed by atoms with Crippen LogP contribution in [0.3, 0.4) is 0 Å². The van der Waals surface area contributed by atoms with Crippen molar-refractivity contribution in [1.29, 1.82) is 0 Å². The van der Waals surface area contributed by atoms with Crippen LogP contribution in [-0.4, -0.2) is 51.5 Å². The molecule has 9 heteroatoms. The zero-order valence-corrected chi connectivity index (χ0v) is 22.0. The lowest BCUT2D eigenvalue weighted by Gasteiger charge is -2.27. The van der Waals surface area contributed by atoms with Gasteiger partial charge in [-0.25, -0.2) is 15.0 Å². The molecule has 1 aromatic carbocycles. The van der Waals surface area contributed by atoms with Crippen LogP contribution in [-0.2, 0) is 20.1 Å². The molecule has 0 N–H and O–H groups in total. The lowest BCUT2D eigenvalue weighted by atomic mass is 10.1. The van der Waals surface area contributed by atoms with E-state index >= 15 is 0 Å². The van der Waals surface area contributed by atoms with Gasteiger partial charge < -0.3 is 19.3 Å². The molecular formula is C27H35N7O2. The Kier molecular flexibility index (Phi) is 7.87. The largest absolute Gasteiger partial charge is 0.497 e. The Morgan fingerprint density at radius 1 is 0.944 bits per heavy atom. The minimum Gasteiger partial charge on any atom is -0.497 e. The van der Waals surface area contributed by atoms with Gasteiger partial charge in [-0.15, -0.1) is 0 Å². The molecule has 0 saturated heterocycles. The predicted octanol–water partition coefficient (Wildman–Crippen LogP) is 4.53. The fraction of sp³-hybridized carbons (Fsp3) is 0.407. The van der Waals surface area contributed by atoms with Gasteiger partial charge in [-0.05, 0) is 51.5 Å². The van der Waals surface area contributed by atoms with Crippen molar-refractivity contribution in [2.75, 3.05) is 36.6 Å². The number of nitrogens with zero attached hydrogens (tertiary/aromatic N) is 7. The first kappa shape index (κ1) is 25.2. The topological polar surface area (TPSA) is 81.4 Å². The van der Waals surface area contributed by atoms with Gasteiger partial charge in [0.05, 0.1) is 31.8 Å². The van der Waals surface area contributed by atoms with E-state index in [2.05, 4.69) is 50.8 Å². The molecule has 0 atom stereocenters. The molecule has 0 fully saturated rings. The van der Waals surface area contributed by atoms with Gasteiger partial charge in [-0.3, -0.25) is 4.68 Å². The van der Waals surface area contributed by atoms with E-state index in [4.69, 9.17) is 14.5 Å². The molecule has 36 heavy (non-hydrogen) atoms. The minimum atomic E-state index is 0.569. The Hall–Kier alpha value is -3.88. The van der Waals surface area contributed by atoms with Gasteiger partial charge in [-0.1, -0.05) is 12.1 Å². The van der Waals surface area contributed by atoms with E-state index in [0.29, 0.717) is 31.4 Å². The number of fused-ring (bicyclic) bond motifs is 1. The average Bonchev–Trinajstić information content (AvgIpc) is 3.17. The maximum Gasteiger partial charge on any atom is 0.226 e. The van der Waals surface area contributed by atoms with Crippen LogP contribution in [0.25, 0.3) is 11.0 Å². The van der Waals surface area contributed by atoms with Crippen molar-refractivity contribution in [2.24, 2.45) is 7.05 Å². The second-order valence-electron chi connectivity index (χ2n) is 8.58. The number of rotatable bonds is 11. The Balaban J connectivity index is 1.79. The Morgan fingerprint density at radius 2 is 1.69 bits per heavy atom. The number of ether oxygens (including phenoxy) is 2. The third-order valence-corrected chi connectivity index (χ3v) is 6.19. The highest BCUT2D eigenvalue weighted by molar-refractivity contribution is 5.81. The summed E-state index contributed by atoms with van der Waals surface area (Å²) in [4.78, 5) is 18.8. The monoisotopic (exact) mass is 489 g/mol. The van der Waals surface area contributed by atoms with E-state index in [9.17, 15) is 0 Å². The quantitative estimate of drug-likeness (QED) is 0.304. The summed E-state index contributed by atoms with van der Waals surface area (Å²) >= 11 is 0. The second kappa shape index (κ2) is 11.2. The number of hydrogen-bond acceptors (Lipinski definition) is 8. The minimum absolute atomic E-state index is 0.569. The number of aromatic nitrogens is 5. The summed E-state index contributed by atoms with van der Waals surface area (Å²) < 4.78 is 12.9. The summed E-state index contributed by atoms with van der Waals surface area (Å²) in [5.41, 5.74) is 4.05. The van der Waals surface area contributed by atoms with Crippen LogP contribution in [0.5, 0.6) is 11.5 Å². The molecule has 0 aliphatic carbocycles. The van der Waals surface area contributed by atoms with E-state index in [1.54, 1.807) is 19.5 Å². The number of anilines is 2. The summed E-state index contributed by atoms with van der Waals surface area (Å²) in [5, 5.41) is 5.66. The maximum absolute atomic E-state index is 5.56. The molecule has 4 rings (SSSR count). The zero-order valence-electron chi connectivity index (χ0n) is 22.0.